The molecule has 0 saturated carbocycles. The van der Waals surface area contributed by atoms with Gasteiger partial charge in [0.2, 0.25) is 6.08 Å². The van der Waals surface area contributed by atoms with Crippen LogP contribution in [0.1, 0.15) is 6.42 Å². The predicted octanol–water partition coefficient (Wildman–Crippen LogP) is 1.09. The number of epoxide rings is 1. The van der Waals surface area contributed by atoms with Gasteiger partial charge in [-0.15, -0.1) is 0 Å². The Kier molecular flexibility index (Phi) is 5.31. The molecule has 0 aromatic rings. The van der Waals surface area contributed by atoms with E-state index in [1.165, 1.54) is 0 Å². The second-order valence-corrected chi connectivity index (χ2v) is 7.73. The molecule has 1 saturated heterocycles. The monoisotopic (exact) mass is 245 g/mol. The summed E-state index contributed by atoms with van der Waals surface area (Å²) < 4.78 is 16.1. The molecule has 0 amide bonds. The molecule has 92 valence electrons. The minimum absolute atomic E-state index is 0.283. The summed E-state index contributed by atoms with van der Waals surface area (Å²) in [4.78, 5) is 13.8. The van der Waals surface area contributed by atoms with E-state index in [0.717, 1.165) is 19.1 Å². The first kappa shape index (κ1) is 13.5. The standard InChI is InChI=1S/C10H19NO4Si/c1-13-16(3,14-2)7-9(5-11-8-12)4-10-6-15-10/h9-10H,4-7H2,1-3H3. The summed E-state index contributed by atoms with van der Waals surface area (Å²) in [5.74, 6) is 0.283. The van der Waals surface area contributed by atoms with Crippen LogP contribution in [0, 0.1) is 5.92 Å². The number of rotatable bonds is 8. The molecule has 2 atom stereocenters. The van der Waals surface area contributed by atoms with Crippen LogP contribution in [0.25, 0.3) is 0 Å². The summed E-state index contributed by atoms with van der Waals surface area (Å²) in [5, 5.41) is 0. The van der Waals surface area contributed by atoms with Crippen LogP contribution >= 0.6 is 0 Å². The molecular formula is C10H19NO4Si. The molecule has 0 radical (unpaired) electrons. The highest BCUT2D eigenvalue weighted by Gasteiger charge is 2.35. The fourth-order valence-electron chi connectivity index (χ4n) is 1.74. The highest BCUT2D eigenvalue weighted by Crippen LogP contribution is 2.27. The Hall–Kier alpha value is -0.523. The van der Waals surface area contributed by atoms with E-state index in [4.69, 9.17) is 13.6 Å². The van der Waals surface area contributed by atoms with Gasteiger partial charge in [0.25, 0.3) is 0 Å². The number of ether oxygens (including phenoxy) is 1. The number of aliphatic imine (C=N–C) groups is 1. The van der Waals surface area contributed by atoms with Gasteiger partial charge in [0.15, 0.2) is 0 Å². The molecule has 6 heteroatoms. The van der Waals surface area contributed by atoms with Crippen molar-refractivity contribution < 1.29 is 18.4 Å². The molecule has 0 spiro atoms. The zero-order valence-corrected chi connectivity index (χ0v) is 11.1. The van der Waals surface area contributed by atoms with Gasteiger partial charge in [-0.2, -0.15) is 0 Å². The SMILES string of the molecule is CO[Si](C)(CC(CN=C=O)CC1CO1)OC. The minimum Gasteiger partial charge on any atom is -0.398 e. The second kappa shape index (κ2) is 6.27. The zero-order chi connectivity index (χ0) is 12.0. The molecule has 2 unspecified atom stereocenters. The lowest BCUT2D eigenvalue weighted by molar-refractivity contribution is 0.238. The van der Waals surface area contributed by atoms with Crippen LogP contribution in [0.2, 0.25) is 12.6 Å². The Balaban J connectivity index is 2.49. The first-order chi connectivity index (χ1) is 7.63. The topological polar surface area (TPSA) is 60.4 Å². The van der Waals surface area contributed by atoms with Gasteiger partial charge in [-0.3, -0.25) is 0 Å². The average Bonchev–Trinajstić information content (AvgIpc) is 3.09. The Morgan fingerprint density at radius 2 is 2.19 bits per heavy atom. The first-order valence-electron chi connectivity index (χ1n) is 5.39. The van der Waals surface area contributed by atoms with Gasteiger partial charge in [-0.05, 0) is 24.9 Å². The molecule has 16 heavy (non-hydrogen) atoms. The number of carbonyl (C=O) groups excluding carboxylic acids is 1. The van der Waals surface area contributed by atoms with Crippen LogP contribution in [0.3, 0.4) is 0 Å². The van der Waals surface area contributed by atoms with E-state index in [2.05, 4.69) is 4.99 Å². The summed E-state index contributed by atoms with van der Waals surface area (Å²) in [7, 11) is 1.25. The molecule has 0 bridgehead atoms. The number of hydrogen-bond donors (Lipinski definition) is 0. The second-order valence-electron chi connectivity index (χ2n) is 4.24. The maximum atomic E-state index is 10.1. The van der Waals surface area contributed by atoms with Crippen LogP contribution < -0.4 is 0 Å². The van der Waals surface area contributed by atoms with E-state index >= 15 is 0 Å². The third-order valence-electron chi connectivity index (χ3n) is 2.94. The van der Waals surface area contributed by atoms with E-state index in [9.17, 15) is 4.79 Å². The smallest absolute Gasteiger partial charge is 0.334 e. The fraction of sp³-hybridized carbons (Fsp3) is 0.900. The molecule has 1 heterocycles. The van der Waals surface area contributed by atoms with Crippen molar-refractivity contribution >= 4 is 14.6 Å². The Labute approximate surface area is 97.0 Å². The molecule has 1 fully saturated rings. The maximum Gasteiger partial charge on any atom is 0.334 e. The zero-order valence-electron chi connectivity index (χ0n) is 10.1. The third kappa shape index (κ3) is 4.55. The largest absolute Gasteiger partial charge is 0.398 e. The molecule has 1 aliphatic rings. The van der Waals surface area contributed by atoms with E-state index in [1.54, 1.807) is 20.3 Å². The average molecular weight is 245 g/mol. The summed E-state index contributed by atoms with van der Waals surface area (Å²) in [6, 6.07) is 0.824. The number of nitrogens with zero attached hydrogens (tertiary/aromatic N) is 1. The predicted molar refractivity (Wildman–Crippen MR) is 61.3 cm³/mol. The summed E-state index contributed by atoms with van der Waals surface area (Å²) in [5.41, 5.74) is 0. The molecule has 5 nitrogen and oxygen atoms in total. The molecule has 0 aromatic heterocycles. The lowest BCUT2D eigenvalue weighted by atomic mass is 10.1. The highest BCUT2D eigenvalue weighted by atomic mass is 28.4. The highest BCUT2D eigenvalue weighted by molar-refractivity contribution is 6.66. The summed E-state index contributed by atoms with van der Waals surface area (Å²) in [6.07, 6.45) is 2.83. The van der Waals surface area contributed by atoms with Crippen LogP contribution in [-0.4, -0.2) is 48.1 Å². The van der Waals surface area contributed by atoms with Crippen molar-refractivity contribution in [2.45, 2.75) is 25.1 Å². The van der Waals surface area contributed by atoms with Gasteiger partial charge in [-0.1, -0.05) is 0 Å². The fourth-order valence-corrected chi connectivity index (χ4v) is 3.58. The Morgan fingerprint density at radius 1 is 1.56 bits per heavy atom. The van der Waals surface area contributed by atoms with Gasteiger partial charge in [-0.25, -0.2) is 9.79 Å². The lowest BCUT2D eigenvalue weighted by Gasteiger charge is -2.26. The molecular weight excluding hydrogens is 226 g/mol. The van der Waals surface area contributed by atoms with Crippen molar-refractivity contribution in [2.75, 3.05) is 27.4 Å². The maximum absolute atomic E-state index is 10.1. The quantitative estimate of drug-likeness (QED) is 0.278. The molecule has 0 aromatic carbocycles. The van der Waals surface area contributed by atoms with Gasteiger partial charge in [0, 0.05) is 14.2 Å². The molecule has 0 N–H and O–H groups in total. The van der Waals surface area contributed by atoms with Gasteiger partial charge >= 0.3 is 8.56 Å². The Bertz CT molecular complexity index is 260. The molecule has 1 rings (SSSR count). The van der Waals surface area contributed by atoms with Gasteiger partial charge in [0.1, 0.15) is 0 Å². The number of hydrogen-bond acceptors (Lipinski definition) is 5. The van der Waals surface area contributed by atoms with Crippen molar-refractivity contribution in [3.8, 4) is 0 Å². The first-order valence-corrected chi connectivity index (χ1v) is 7.91. The van der Waals surface area contributed by atoms with Gasteiger partial charge < -0.3 is 13.6 Å². The van der Waals surface area contributed by atoms with Crippen molar-refractivity contribution in [1.29, 1.82) is 0 Å². The summed E-state index contributed by atoms with van der Waals surface area (Å²) >= 11 is 0. The van der Waals surface area contributed by atoms with Crippen LogP contribution in [-0.2, 0) is 18.4 Å². The third-order valence-corrected chi connectivity index (χ3v) is 5.98. The van der Waals surface area contributed by atoms with Crippen molar-refractivity contribution in [2.24, 2.45) is 10.9 Å². The molecule has 1 aliphatic heterocycles. The van der Waals surface area contributed by atoms with E-state index in [-0.39, 0.29) is 5.92 Å². The van der Waals surface area contributed by atoms with Crippen molar-refractivity contribution in [3.63, 3.8) is 0 Å². The Morgan fingerprint density at radius 3 is 2.62 bits per heavy atom. The van der Waals surface area contributed by atoms with Gasteiger partial charge in [0.05, 0.1) is 19.3 Å². The number of isocyanates is 1. The van der Waals surface area contributed by atoms with E-state index < -0.39 is 8.56 Å². The normalized spacial score (nSPS) is 21.3. The van der Waals surface area contributed by atoms with Crippen molar-refractivity contribution in [1.82, 2.24) is 0 Å². The lowest BCUT2D eigenvalue weighted by Crippen LogP contribution is -2.39. The van der Waals surface area contributed by atoms with Crippen LogP contribution in [0.4, 0.5) is 0 Å². The summed E-state index contributed by atoms with van der Waals surface area (Å²) in [6.45, 7) is 3.32. The van der Waals surface area contributed by atoms with E-state index in [1.807, 2.05) is 6.55 Å². The van der Waals surface area contributed by atoms with Crippen molar-refractivity contribution in [3.05, 3.63) is 0 Å². The van der Waals surface area contributed by atoms with Crippen LogP contribution in [0.15, 0.2) is 4.99 Å². The molecule has 0 aliphatic carbocycles. The van der Waals surface area contributed by atoms with Crippen LogP contribution in [0.5, 0.6) is 0 Å². The van der Waals surface area contributed by atoms with E-state index in [0.29, 0.717) is 12.6 Å². The minimum atomic E-state index is -2.09.